The van der Waals surface area contributed by atoms with Crippen molar-refractivity contribution in [2.75, 3.05) is 7.05 Å². The van der Waals surface area contributed by atoms with Crippen LogP contribution in [-0.4, -0.2) is 22.9 Å². The molecule has 1 aromatic heterocycles. The number of nitrogens with zero attached hydrogens (tertiary/aromatic N) is 2. The van der Waals surface area contributed by atoms with E-state index in [4.69, 9.17) is 5.10 Å². The van der Waals surface area contributed by atoms with Gasteiger partial charge in [-0.05, 0) is 64.5 Å². The SMILES string of the molecule is CCC1(C)C(NC)CC1c1cn(C(C)(C)C)nc1C. The molecule has 3 heteroatoms. The molecule has 1 aliphatic carbocycles. The summed E-state index contributed by atoms with van der Waals surface area (Å²) in [5, 5.41) is 8.20. The first kappa shape index (κ1) is 14.6. The van der Waals surface area contributed by atoms with Gasteiger partial charge < -0.3 is 5.32 Å². The Labute approximate surface area is 117 Å². The minimum absolute atomic E-state index is 0.0672. The molecule has 0 spiro atoms. The van der Waals surface area contributed by atoms with Gasteiger partial charge in [0.15, 0.2) is 0 Å². The van der Waals surface area contributed by atoms with E-state index in [2.05, 4.69) is 64.8 Å². The summed E-state index contributed by atoms with van der Waals surface area (Å²) in [6.45, 7) is 13.5. The van der Waals surface area contributed by atoms with Gasteiger partial charge in [0.2, 0.25) is 0 Å². The van der Waals surface area contributed by atoms with Gasteiger partial charge in [-0.1, -0.05) is 13.8 Å². The zero-order valence-corrected chi connectivity index (χ0v) is 13.5. The Balaban J connectivity index is 2.32. The fourth-order valence-corrected chi connectivity index (χ4v) is 3.44. The standard InChI is InChI=1S/C16H29N3/c1-8-16(6)13(9-14(16)17-7)12-10-19(15(3,4)5)18-11(12)2/h10,13-14,17H,8-9H2,1-7H3. The summed E-state index contributed by atoms with van der Waals surface area (Å²) < 4.78 is 2.13. The van der Waals surface area contributed by atoms with E-state index in [1.807, 2.05) is 0 Å². The minimum atomic E-state index is 0.0672. The van der Waals surface area contributed by atoms with Crippen molar-refractivity contribution in [3.05, 3.63) is 17.5 Å². The van der Waals surface area contributed by atoms with E-state index < -0.39 is 0 Å². The van der Waals surface area contributed by atoms with Crippen LogP contribution < -0.4 is 5.32 Å². The highest BCUT2D eigenvalue weighted by Crippen LogP contribution is 2.55. The third kappa shape index (κ3) is 2.22. The predicted octanol–water partition coefficient (Wildman–Crippen LogP) is 3.44. The first-order chi connectivity index (χ1) is 8.74. The fourth-order valence-electron chi connectivity index (χ4n) is 3.44. The quantitative estimate of drug-likeness (QED) is 0.905. The highest BCUT2D eigenvalue weighted by Gasteiger charge is 2.51. The van der Waals surface area contributed by atoms with E-state index in [-0.39, 0.29) is 5.54 Å². The van der Waals surface area contributed by atoms with E-state index in [1.54, 1.807) is 0 Å². The Morgan fingerprint density at radius 2 is 2.11 bits per heavy atom. The average Bonchev–Trinajstić information content (AvgIpc) is 2.69. The van der Waals surface area contributed by atoms with Crippen molar-refractivity contribution in [2.45, 2.75) is 71.9 Å². The minimum Gasteiger partial charge on any atom is -0.316 e. The van der Waals surface area contributed by atoms with Crippen molar-refractivity contribution in [1.82, 2.24) is 15.1 Å². The lowest BCUT2D eigenvalue weighted by Crippen LogP contribution is -2.55. The molecule has 0 bridgehead atoms. The second-order valence-electron chi connectivity index (χ2n) is 7.27. The van der Waals surface area contributed by atoms with Crippen LogP contribution >= 0.6 is 0 Å². The highest BCUT2D eigenvalue weighted by molar-refractivity contribution is 5.29. The van der Waals surface area contributed by atoms with Crippen molar-refractivity contribution in [3.8, 4) is 0 Å². The first-order valence-corrected chi connectivity index (χ1v) is 7.48. The summed E-state index contributed by atoms with van der Waals surface area (Å²) in [4.78, 5) is 0. The third-order valence-corrected chi connectivity index (χ3v) is 5.17. The lowest BCUT2D eigenvalue weighted by atomic mass is 9.54. The molecule has 3 atom stereocenters. The van der Waals surface area contributed by atoms with Gasteiger partial charge >= 0.3 is 0 Å². The molecule has 2 rings (SSSR count). The second-order valence-corrected chi connectivity index (χ2v) is 7.27. The van der Waals surface area contributed by atoms with Crippen LogP contribution in [0, 0.1) is 12.3 Å². The lowest BCUT2D eigenvalue weighted by molar-refractivity contribution is 0.0490. The molecular weight excluding hydrogens is 234 g/mol. The molecule has 1 fully saturated rings. The molecular formula is C16H29N3. The summed E-state index contributed by atoms with van der Waals surface area (Å²) in [5.41, 5.74) is 3.09. The van der Waals surface area contributed by atoms with Crippen LogP contribution in [0.15, 0.2) is 6.20 Å². The van der Waals surface area contributed by atoms with Gasteiger partial charge in [-0.3, -0.25) is 4.68 Å². The molecule has 0 amide bonds. The summed E-state index contributed by atoms with van der Waals surface area (Å²) in [6.07, 6.45) is 4.72. The molecule has 1 aromatic rings. The maximum Gasteiger partial charge on any atom is 0.0628 e. The molecule has 0 aromatic carbocycles. The van der Waals surface area contributed by atoms with Crippen LogP contribution in [0.1, 0.15) is 64.6 Å². The number of aromatic nitrogens is 2. The van der Waals surface area contributed by atoms with Gasteiger partial charge in [0.25, 0.3) is 0 Å². The second kappa shape index (κ2) is 4.62. The summed E-state index contributed by atoms with van der Waals surface area (Å²) in [5.74, 6) is 0.644. The topological polar surface area (TPSA) is 29.9 Å². The van der Waals surface area contributed by atoms with Crippen LogP contribution in [0.3, 0.4) is 0 Å². The van der Waals surface area contributed by atoms with Gasteiger partial charge in [0.05, 0.1) is 11.2 Å². The maximum atomic E-state index is 4.73. The molecule has 0 radical (unpaired) electrons. The Bertz CT molecular complexity index is 455. The normalized spacial score (nSPS) is 31.3. The number of aryl methyl sites for hydroxylation is 1. The Hall–Kier alpha value is -0.830. The molecule has 0 saturated heterocycles. The van der Waals surface area contributed by atoms with E-state index in [0.29, 0.717) is 17.4 Å². The van der Waals surface area contributed by atoms with Crippen LogP contribution in [0.25, 0.3) is 0 Å². The summed E-state index contributed by atoms with van der Waals surface area (Å²) >= 11 is 0. The van der Waals surface area contributed by atoms with Gasteiger partial charge in [-0.2, -0.15) is 5.10 Å². The van der Waals surface area contributed by atoms with E-state index in [1.165, 1.54) is 24.1 Å². The highest BCUT2D eigenvalue weighted by atomic mass is 15.3. The van der Waals surface area contributed by atoms with Gasteiger partial charge in [-0.25, -0.2) is 0 Å². The van der Waals surface area contributed by atoms with E-state index in [9.17, 15) is 0 Å². The van der Waals surface area contributed by atoms with Crippen molar-refractivity contribution in [1.29, 1.82) is 0 Å². The predicted molar refractivity (Wildman–Crippen MR) is 80.6 cm³/mol. The molecule has 1 N–H and O–H groups in total. The van der Waals surface area contributed by atoms with Gasteiger partial charge in [0, 0.05) is 12.2 Å². The van der Waals surface area contributed by atoms with Gasteiger partial charge in [0.1, 0.15) is 0 Å². The van der Waals surface area contributed by atoms with Crippen LogP contribution in [0.2, 0.25) is 0 Å². The first-order valence-electron chi connectivity index (χ1n) is 7.48. The number of hydrogen-bond donors (Lipinski definition) is 1. The van der Waals surface area contributed by atoms with Crippen LogP contribution in [-0.2, 0) is 5.54 Å². The number of rotatable bonds is 3. The molecule has 0 aliphatic heterocycles. The number of hydrogen-bond acceptors (Lipinski definition) is 2. The smallest absolute Gasteiger partial charge is 0.0628 e. The van der Waals surface area contributed by atoms with Crippen molar-refractivity contribution in [2.24, 2.45) is 5.41 Å². The average molecular weight is 263 g/mol. The van der Waals surface area contributed by atoms with Crippen molar-refractivity contribution < 1.29 is 0 Å². The largest absolute Gasteiger partial charge is 0.316 e. The molecule has 19 heavy (non-hydrogen) atoms. The monoisotopic (exact) mass is 263 g/mol. The molecule has 1 aliphatic rings. The van der Waals surface area contributed by atoms with Crippen LogP contribution in [0.5, 0.6) is 0 Å². The molecule has 3 nitrogen and oxygen atoms in total. The molecule has 1 saturated carbocycles. The zero-order valence-electron chi connectivity index (χ0n) is 13.5. The van der Waals surface area contributed by atoms with Crippen LogP contribution in [0.4, 0.5) is 0 Å². The Morgan fingerprint density at radius 1 is 1.47 bits per heavy atom. The van der Waals surface area contributed by atoms with Crippen molar-refractivity contribution in [3.63, 3.8) is 0 Å². The number of nitrogens with one attached hydrogen (secondary N) is 1. The molecule has 108 valence electrons. The van der Waals surface area contributed by atoms with E-state index >= 15 is 0 Å². The third-order valence-electron chi connectivity index (χ3n) is 5.17. The Morgan fingerprint density at radius 3 is 2.53 bits per heavy atom. The zero-order chi connectivity index (χ0) is 14.4. The lowest BCUT2D eigenvalue weighted by Gasteiger charge is -2.54. The Kier molecular flexibility index (Phi) is 3.54. The fraction of sp³-hybridized carbons (Fsp3) is 0.812. The summed E-state index contributed by atoms with van der Waals surface area (Å²) in [7, 11) is 2.08. The van der Waals surface area contributed by atoms with Gasteiger partial charge in [-0.15, -0.1) is 0 Å². The summed E-state index contributed by atoms with van der Waals surface area (Å²) in [6, 6.07) is 0.639. The van der Waals surface area contributed by atoms with E-state index in [0.717, 1.165) is 0 Å². The molecule has 3 unspecified atom stereocenters. The molecule has 1 heterocycles. The van der Waals surface area contributed by atoms with Crippen molar-refractivity contribution >= 4 is 0 Å². The maximum absolute atomic E-state index is 4.73.